The van der Waals surface area contributed by atoms with Crippen LogP contribution in [-0.4, -0.2) is 32.5 Å². The second-order valence-electron chi connectivity index (χ2n) is 6.47. The molecule has 8 heteroatoms. The Bertz CT molecular complexity index is 1130. The van der Waals surface area contributed by atoms with Crippen LogP contribution in [0.1, 0.15) is 30.6 Å². The van der Waals surface area contributed by atoms with Crippen molar-refractivity contribution in [2.75, 3.05) is 11.9 Å². The maximum absolute atomic E-state index is 12.6. The SMILES string of the molecule is CCCOc1ccc(-c2csc(NC(=O)c3ccc4c(c3)nnn4CC)n2)cc1. The number of benzene rings is 2. The highest BCUT2D eigenvalue weighted by Crippen LogP contribution is 2.27. The highest BCUT2D eigenvalue weighted by atomic mass is 32.1. The number of nitrogens with zero attached hydrogens (tertiary/aromatic N) is 4. The van der Waals surface area contributed by atoms with Crippen molar-refractivity contribution >= 4 is 33.4 Å². The average Bonchev–Trinajstić information content (AvgIpc) is 3.38. The van der Waals surface area contributed by atoms with Gasteiger partial charge in [0.15, 0.2) is 5.13 Å². The maximum Gasteiger partial charge on any atom is 0.257 e. The number of thiazole rings is 1. The van der Waals surface area contributed by atoms with Gasteiger partial charge in [-0.15, -0.1) is 16.4 Å². The van der Waals surface area contributed by atoms with E-state index in [0.717, 1.165) is 35.5 Å². The van der Waals surface area contributed by atoms with Crippen LogP contribution in [-0.2, 0) is 6.54 Å². The van der Waals surface area contributed by atoms with Crippen molar-refractivity contribution in [3.05, 3.63) is 53.4 Å². The molecule has 0 spiro atoms. The normalized spacial score (nSPS) is 11.0. The summed E-state index contributed by atoms with van der Waals surface area (Å²) in [6, 6.07) is 13.2. The number of aromatic nitrogens is 4. The van der Waals surface area contributed by atoms with Gasteiger partial charge in [-0.25, -0.2) is 9.67 Å². The molecule has 0 fully saturated rings. The molecule has 7 nitrogen and oxygen atoms in total. The molecule has 0 atom stereocenters. The lowest BCUT2D eigenvalue weighted by atomic mass is 10.2. The molecular formula is C21H21N5O2S. The number of carbonyl (C=O) groups excluding carboxylic acids is 1. The second kappa shape index (κ2) is 8.40. The number of hydrogen-bond acceptors (Lipinski definition) is 6. The smallest absolute Gasteiger partial charge is 0.257 e. The molecule has 0 saturated heterocycles. The van der Waals surface area contributed by atoms with Crippen molar-refractivity contribution in [1.29, 1.82) is 0 Å². The molecule has 2 heterocycles. The first kappa shape index (κ1) is 19.1. The predicted molar refractivity (Wildman–Crippen MR) is 114 cm³/mol. The number of rotatable bonds is 7. The van der Waals surface area contributed by atoms with E-state index in [-0.39, 0.29) is 5.91 Å². The largest absolute Gasteiger partial charge is 0.494 e. The standard InChI is InChI=1S/C21H21N5O2S/c1-3-11-28-16-8-5-14(6-9-16)18-13-29-21(22-18)23-20(27)15-7-10-19-17(12-15)24-25-26(19)4-2/h5-10,12-13H,3-4,11H2,1-2H3,(H,22,23,27). The zero-order valence-electron chi connectivity index (χ0n) is 16.3. The molecule has 0 radical (unpaired) electrons. The van der Waals surface area contributed by atoms with Crippen LogP contribution in [0.4, 0.5) is 5.13 Å². The number of aryl methyl sites for hydroxylation is 1. The van der Waals surface area contributed by atoms with E-state index in [4.69, 9.17) is 4.74 Å². The van der Waals surface area contributed by atoms with Crippen LogP contribution in [0, 0.1) is 0 Å². The molecule has 29 heavy (non-hydrogen) atoms. The van der Waals surface area contributed by atoms with E-state index in [0.29, 0.717) is 22.8 Å². The molecule has 0 aliphatic heterocycles. The Balaban J connectivity index is 1.46. The third-order valence-corrected chi connectivity index (χ3v) is 5.18. The first-order valence-electron chi connectivity index (χ1n) is 9.51. The molecule has 0 aliphatic rings. The Morgan fingerprint density at radius 2 is 2.00 bits per heavy atom. The van der Waals surface area contributed by atoms with Crippen LogP contribution in [0.3, 0.4) is 0 Å². The van der Waals surface area contributed by atoms with Gasteiger partial charge in [0.2, 0.25) is 0 Å². The zero-order chi connectivity index (χ0) is 20.2. The summed E-state index contributed by atoms with van der Waals surface area (Å²) in [5, 5.41) is 13.5. The highest BCUT2D eigenvalue weighted by molar-refractivity contribution is 7.14. The van der Waals surface area contributed by atoms with Gasteiger partial charge in [0.05, 0.1) is 17.8 Å². The van der Waals surface area contributed by atoms with E-state index in [9.17, 15) is 4.79 Å². The molecule has 2 aromatic heterocycles. The molecule has 1 amide bonds. The number of amides is 1. The van der Waals surface area contributed by atoms with Crippen molar-refractivity contribution in [3.8, 4) is 17.0 Å². The Kier molecular flexibility index (Phi) is 5.53. The molecular weight excluding hydrogens is 386 g/mol. The van der Waals surface area contributed by atoms with Gasteiger partial charge in [-0.1, -0.05) is 12.1 Å². The second-order valence-corrected chi connectivity index (χ2v) is 7.33. The lowest BCUT2D eigenvalue weighted by molar-refractivity contribution is 0.102. The van der Waals surface area contributed by atoms with Crippen LogP contribution in [0.2, 0.25) is 0 Å². The number of anilines is 1. The van der Waals surface area contributed by atoms with Gasteiger partial charge in [-0.05, 0) is 55.8 Å². The van der Waals surface area contributed by atoms with Crippen molar-refractivity contribution in [1.82, 2.24) is 20.0 Å². The summed E-state index contributed by atoms with van der Waals surface area (Å²) in [5.41, 5.74) is 3.92. The van der Waals surface area contributed by atoms with Gasteiger partial charge in [0.1, 0.15) is 11.3 Å². The quantitative estimate of drug-likeness (QED) is 0.484. The third kappa shape index (κ3) is 4.12. The van der Waals surface area contributed by atoms with Gasteiger partial charge < -0.3 is 4.74 Å². The van der Waals surface area contributed by atoms with E-state index in [1.54, 1.807) is 16.8 Å². The van der Waals surface area contributed by atoms with Gasteiger partial charge in [-0.3, -0.25) is 10.1 Å². The fraction of sp³-hybridized carbons (Fsp3) is 0.238. The first-order chi connectivity index (χ1) is 14.2. The molecule has 1 N–H and O–H groups in total. The predicted octanol–water partition coefficient (Wildman–Crippen LogP) is 4.62. The topological polar surface area (TPSA) is 81.9 Å². The summed E-state index contributed by atoms with van der Waals surface area (Å²) in [6.07, 6.45) is 0.973. The first-order valence-corrected chi connectivity index (χ1v) is 10.4. The summed E-state index contributed by atoms with van der Waals surface area (Å²) in [7, 11) is 0. The Morgan fingerprint density at radius 3 is 2.76 bits per heavy atom. The molecule has 0 saturated carbocycles. The van der Waals surface area contributed by atoms with Gasteiger partial charge in [0, 0.05) is 23.1 Å². The van der Waals surface area contributed by atoms with Crippen molar-refractivity contribution in [2.45, 2.75) is 26.8 Å². The van der Waals surface area contributed by atoms with E-state index < -0.39 is 0 Å². The Labute approximate surface area is 172 Å². The molecule has 0 bridgehead atoms. The number of carbonyl (C=O) groups is 1. The van der Waals surface area contributed by atoms with Crippen LogP contribution in [0.15, 0.2) is 47.8 Å². The summed E-state index contributed by atoms with van der Waals surface area (Å²) in [6.45, 7) is 5.51. The molecule has 0 unspecified atom stereocenters. The van der Waals surface area contributed by atoms with Gasteiger partial charge in [-0.2, -0.15) is 0 Å². The summed E-state index contributed by atoms with van der Waals surface area (Å²) in [4.78, 5) is 17.1. The van der Waals surface area contributed by atoms with Crippen molar-refractivity contribution < 1.29 is 9.53 Å². The summed E-state index contributed by atoms with van der Waals surface area (Å²) < 4.78 is 7.40. The van der Waals surface area contributed by atoms with Crippen LogP contribution >= 0.6 is 11.3 Å². The van der Waals surface area contributed by atoms with E-state index >= 15 is 0 Å². The number of hydrogen-bond donors (Lipinski definition) is 1. The fourth-order valence-corrected chi connectivity index (χ4v) is 3.64. The minimum absolute atomic E-state index is 0.220. The minimum atomic E-state index is -0.220. The van der Waals surface area contributed by atoms with Crippen LogP contribution < -0.4 is 10.1 Å². The number of ether oxygens (including phenoxy) is 1. The molecule has 148 valence electrons. The van der Waals surface area contributed by atoms with Crippen molar-refractivity contribution in [3.63, 3.8) is 0 Å². The Hall–Kier alpha value is -3.26. The zero-order valence-corrected chi connectivity index (χ0v) is 17.1. The van der Waals surface area contributed by atoms with Crippen molar-refractivity contribution in [2.24, 2.45) is 0 Å². The lowest BCUT2D eigenvalue weighted by Crippen LogP contribution is -2.11. The van der Waals surface area contributed by atoms with Gasteiger partial charge in [0.25, 0.3) is 5.91 Å². The lowest BCUT2D eigenvalue weighted by Gasteiger charge is -2.05. The molecule has 2 aromatic carbocycles. The van der Waals surface area contributed by atoms with E-state index in [1.165, 1.54) is 11.3 Å². The highest BCUT2D eigenvalue weighted by Gasteiger charge is 2.12. The van der Waals surface area contributed by atoms with E-state index in [2.05, 4.69) is 27.5 Å². The molecule has 4 aromatic rings. The fourth-order valence-electron chi connectivity index (χ4n) is 2.92. The summed E-state index contributed by atoms with van der Waals surface area (Å²) >= 11 is 1.39. The minimum Gasteiger partial charge on any atom is -0.494 e. The number of nitrogens with one attached hydrogen (secondary N) is 1. The number of fused-ring (bicyclic) bond motifs is 1. The maximum atomic E-state index is 12.6. The monoisotopic (exact) mass is 407 g/mol. The van der Waals surface area contributed by atoms with E-state index in [1.807, 2.05) is 42.6 Å². The Morgan fingerprint density at radius 1 is 1.17 bits per heavy atom. The van der Waals surface area contributed by atoms with Crippen LogP contribution in [0.5, 0.6) is 5.75 Å². The average molecular weight is 407 g/mol. The van der Waals surface area contributed by atoms with Gasteiger partial charge >= 0.3 is 0 Å². The van der Waals surface area contributed by atoms with Crippen LogP contribution in [0.25, 0.3) is 22.3 Å². The third-order valence-electron chi connectivity index (χ3n) is 4.42. The molecule has 4 rings (SSSR count). The summed E-state index contributed by atoms with van der Waals surface area (Å²) in [5.74, 6) is 0.622. The molecule has 0 aliphatic carbocycles.